The molecule has 0 radical (unpaired) electrons. The number of rotatable bonds is 8. The number of anilines is 3. The highest BCUT2D eigenvalue weighted by Gasteiger charge is 2.39. The summed E-state index contributed by atoms with van der Waals surface area (Å²) in [5.74, 6) is 1.14. The summed E-state index contributed by atoms with van der Waals surface area (Å²) in [7, 11) is -4.24. The van der Waals surface area contributed by atoms with Crippen LogP contribution in [0.3, 0.4) is 0 Å². The van der Waals surface area contributed by atoms with Gasteiger partial charge in [-0.2, -0.15) is 8.42 Å². The maximum absolute atomic E-state index is 13.2. The van der Waals surface area contributed by atoms with Crippen molar-refractivity contribution in [2.45, 2.75) is 44.7 Å². The summed E-state index contributed by atoms with van der Waals surface area (Å²) in [6.07, 6.45) is 2.55. The summed E-state index contributed by atoms with van der Waals surface area (Å²) >= 11 is 0. The zero-order valence-corrected chi connectivity index (χ0v) is 21.7. The van der Waals surface area contributed by atoms with Crippen molar-refractivity contribution in [3.8, 4) is 5.75 Å². The summed E-state index contributed by atoms with van der Waals surface area (Å²) in [4.78, 5) is 23.9. The van der Waals surface area contributed by atoms with E-state index in [1.807, 2.05) is 25.1 Å². The number of amides is 1. The first-order valence-corrected chi connectivity index (χ1v) is 13.3. The Morgan fingerprint density at radius 3 is 2.69 bits per heavy atom. The number of nitrogens with one attached hydrogen (secondary N) is 2. The number of benzene rings is 1. The Morgan fingerprint density at radius 2 is 1.97 bits per heavy atom. The highest BCUT2D eigenvalue weighted by molar-refractivity contribution is 7.90. The van der Waals surface area contributed by atoms with Crippen LogP contribution in [0.25, 0.3) is 0 Å². The number of aromatic nitrogens is 2. The molecule has 1 aromatic carbocycles. The van der Waals surface area contributed by atoms with Crippen molar-refractivity contribution in [2.24, 2.45) is 5.92 Å². The quantitative estimate of drug-likeness (QED) is 0.439. The number of hydrogen-bond donors (Lipinski definition) is 2. The van der Waals surface area contributed by atoms with Gasteiger partial charge in [-0.05, 0) is 69.5 Å². The van der Waals surface area contributed by atoms with Gasteiger partial charge in [-0.25, -0.2) is 14.7 Å². The zero-order chi connectivity index (χ0) is 25.9. The van der Waals surface area contributed by atoms with Crippen LogP contribution in [0.15, 0.2) is 65.8 Å². The van der Waals surface area contributed by atoms with E-state index in [0.717, 1.165) is 13.0 Å². The lowest BCUT2D eigenvalue weighted by molar-refractivity contribution is 0.0981. The summed E-state index contributed by atoms with van der Waals surface area (Å²) in [5, 5.41) is 2.80. The Morgan fingerprint density at radius 1 is 1.19 bits per heavy atom. The van der Waals surface area contributed by atoms with Gasteiger partial charge in [0.2, 0.25) is 0 Å². The molecule has 36 heavy (non-hydrogen) atoms. The van der Waals surface area contributed by atoms with Crippen LogP contribution in [0.1, 0.15) is 47.3 Å². The monoisotopic (exact) mass is 513 g/mol. The van der Waals surface area contributed by atoms with Crippen molar-refractivity contribution in [3.63, 3.8) is 0 Å². The summed E-state index contributed by atoms with van der Waals surface area (Å²) in [5.41, 5.74) is 0.683. The Balaban J connectivity index is 0.00000253. The topological polar surface area (TPSA) is 114 Å². The van der Waals surface area contributed by atoms with E-state index in [1.54, 1.807) is 36.5 Å². The van der Waals surface area contributed by atoms with Crippen LogP contribution in [-0.4, -0.2) is 43.0 Å². The predicted octanol–water partition coefficient (Wildman–Crippen LogP) is 4.85. The molecule has 3 aromatic rings. The minimum absolute atomic E-state index is 0. The van der Waals surface area contributed by atoms with Crippen molar-refractivity contribution < 1.29 is 20.8 Å². The fourth-order valence-electron chi connectivity index (χ4n) is 4.59. The van der Waals surface area contributed by atoms with Gasteiger partial charge in [0, 0.05) is 32.9 Å². The minimum Gasteiger partial charge on any atom is -0.494 e. The standard InChI is InChI=1S/C26H31N5O4S.2H2/c1-5-35-20-10-6-9-19(15-20)28-22-12-7-13-23(29-22)36(33,34)30-25(32)21-11-8-14-27-24(21)31-17-18(2)16-26(31,3)4;;/h6-15,18H,5,16-17H2,1-4H3,(H,28,29)(H,30,32);2*1H. The fourth-order valence-corrected chi connectivity index (χ4v) is 5.53. The van der Waals surface area contributed by atoms with Gasteiger partial charge in [0.05, 0.1) is 12.2 Å². The van der Waals surface area contributed by atoms with Crippen LogP contribution in [0, 0.1) is 5.92 Å². The third kappa shape index (κ3) is 5.59. The Labute approximate surface area is 214 Å². The number of pyridine rings is 2. The van der Waals surface area contributed by atoms with Gasteiger partial charge in [-0.15, -0.1) is 0 Å². The fraction of sp³-hybridized carbons (Fsp3) is 0.346. The van der Waals surface area contributed by atoms with Crippen molar-refractivity contribution in [2.75, 3.05) is 23.4 Å². The molecule has 1 unspecified atom stereocenters. The van der Waals surface area contributed by atoms with Gasteiger partial charge >= 0.3 is 0 Å². The third-order valence-electron chi connectivity index (χ3n) is 6.00. The van der Waals surface area contributed by atoms with Crippen molar-refractivity contribution in [1.82, 2.24) is 14.7 Å². The molecule has 1 fully saturated rings. The van der Waals surface area contributed by atoms with E-state index in [-0.39, 0.29) is 19.0 Å². The molecule has 0 aliphatic carbocycles. The third-order valence-corrected chi connectivity index (χ3v) is 7.24. The Hall–Kier alpha value is -3.66. The number of ether oxygens (including phenoxy) is 1. The molecular weight excluding hydrogens is 478 g/mol. The van der Waals surface area contributed by atoms with Crippen LogP contribution >= 0.6 is 0 Å². The predicted molar refractivity (Wildman–Crippen MR) is 143 cm³/mol. The number of hydrogen-bond acceptors (Lipinski definition) is 8. The van der Waals surface area contributed by atoms with Crippen LogP contribution in [0.4, 0.5) is 17.3 Å². The lowest BCUT2D eigenvalue weighted by Crippen LogP contribution is -2.41. The molecule has 2 aromatic heterocycles. The van der Waals surface area contributed by atoms with E-state index >= 15 is 0 Å². The van der Waals surface area contributed by atoms with Gasteiger partial charge in [0.25, 0.3) is 15.9 Å². The van der Waals surface area contributed by atoms with Crippen LogP contribution in [-0.2, 0) is 10.0 Å². The smallest absolute Gasteiger partial charge is 0.281 e. The second-order valence-electron chi connectivity index (χ2n) is 9.49. The molecule has 4 rings (SSSR count). The van der Waals surface area contributed by atoms with Crippen LogP contribution < -0.4 is 19.7 Å². The molecule has 1 saturated heterocycles. The normalized spacial score (nSPS) is 17.0. The molecule has 1 aliphatic rings. The highest BCUT2D eigenvalue weighted by atomic mass is 32.2. The second kappa shape index (κ2) is 10.1. The van der Waals surface area contributed by atoms with Gasteiger partial charge < -0.3 is 15.0 Å². The molecule has 0 saturated carbocycles. The van der Waals surface area contributed by atoms with E-state index in [4.69, 9.17) is 4.74 Å². The maximum atomic E-state index is 13.2. The van der Waals surface area contributed by atoms with Crippen molar-refractivity contribution >= 4 is 33.3 Å². The van der Waals surface area contributed by atoms with Crippen LogP contribution in [0.2, 0.25) is 0 Å². The van der Waals surface area contributed by atoms with Crippen molar-refractivity contribution in [1.29, 1.82) is 0 Å². The van der Waals surface area contributed by atoms with Gasteiger partial charge in [0.15, 0.2) is 5.03 Å². The molecule has 2 N–H and O–H groups in total. The number of carbonyl (C=O) groups is 1. The average molecular weight is 514 g/mol. The minimum atomic E-state index is -4.24. The first-order chi connectivity index (χ1) is 17.1. The van der Waals surface area contributed by atoms with Crippen molar-refractivity contribution in [3.05, 3.63) is 66.4 Å². The molecule has 1 atom stereocenters. The highest BCUT2D eigenvalue weighted by Crippen LogP contribution is 2.37. The molecule has 3 heterocycles. The number of sulfonamides is 1. The summed E-state index contributed by atoms with van der Waals surface area (Å²) < 4.78 is 33.9. The molecule has 0 bridgehead atoms. The van der Waals surface area contributed by atoms with Gasteiger partial charge in [-0.1, -0.05) is 19.1 Å². The lowest BCUT2D eigenvalue weighted by atomic mass is 9.97. The largest absolute Gasteiger partial charge is 0.494 e. The van der Waals surface area contributed by atoms with E-state index in [9.17, 15) is 13.2 Å². The summed E-state index contributed by atoms with van der Waals surface area (Å²) in [6, 6.07) is 15.0. The molecule has 194 valence electrons. The zero-order valence-electron chi connectivity index (χ0n) is 20.9. The number of carbonyl (C=O) groups excluding carboxylic acids is 1. The van der Waals surface area contributed by atoms with Crippen LogP contribution in [0.5, 0.6) is 5.75 Å². The average Bonchev–Trinajstić information content (AvgIpc) is 3.11. The molecular formula is C26H35N5O4S. The molecule has 1 amide bonds. The van der Waals surface area contributed by atoms with E-state index in [0.29, 0.717) is 35.6 Å². The van der Waals surface area contributed by atoms with E-state index in [1.165, 1.54) is 6.07 Å². The molecule has 10 heteroatoms. The van der Waals surface area contributed by atoms with Gasteiger partial charge in [0.1, 0.15) is 17.4 Å². The SMILES string of the molecule is CCOc1cccc(Nc2cccc(S(=O)(=O)NC(=O)c3cccnc3N3CC(C)CC3(C)C)n2)c1.[HH].[HH]. The first-order valence-electron chi connectivity index (χ1n) is 11.9. The van der Waals surface area contributed by atoms with E-state index < -0.39 is 15.9 Å². The Kier molecular flexibility index (Phi) is 7.16. The lowest BCUT2D eigenvalue weighted by Gasteiger charge is -2.33. The molecule has 1 aliphatic heterocycles. The number of nitrogens with zero attached hydrogens (tertiary/aromatic N) is 3. The maximum Gasteiger partial charge on any atom is 0.281 e. The Bertz CT molecular complexity index is 1370. The summed E-state index contributed by atoms with van der Waals surface area (Å²) in [6.45, 7) is 9.49. The van der Waals surface area contributed by atoms with E-state index in [2.05, 4.69) is 45.7 Å². The second-order valence-corrected chi connectivity index (χ2v) is 11.1. The van der Waals surface area contributed by atoms with Gasteiger partial charge in [-0.3, -0.25) is 4.79 Å². The molecule has 9 nitrogen and oxygen atoms in total. The molecule has 0 spiro atoms. The first kappa shape index (κ1) is 25.4.